The molecular weight excluding hydrogens is 346 g/mol. The van der Waals surface area contributed by atoms with Gasteiger partial charge in [0.05, 0.1) is 0 Å². The van der Waals surface area contributed by atoms with Gasteiger partial charge in [0.25, 0.3) is 5.91 Å². The first kappa shape index (κ1) is 18.3. The number of hydrogen-bond acceptors (Lipinski definition) is 2. The lowest BCUT2D eigenvalue weighted by atomic mass is 9.97. The lowest BCUT2D eigenvalue weighted by Crippen LogP contribution is -2.37. The number of aryl methyl sites for hydroxylation is 2. The molecule has 0 saturated carbocycles. The van der Waals surface area contributed by atoms with Crippen LogP contribution in [0.2, 0.25) is 0 Å². The number of rotatable bonds is 5. The summed E-state index contributed by atoms with van der Waals surface area (Å²) in [4.78, 5) is 15.0. The average molecular weight is 371 g/mol. The van der Waals surface area contributed by atoms with Crippen molar-refractivity contribution in [3.8, 4) is 5.75 Å². The van der Waals surface area contributed by atoms with Gasteiger partial charge in [-0.05, 0) is 43.5 Å². The third kappa shape index (κ3) is 3.94. The van der Waals surface area contributed by atoms with Gasteiger partial charge in [0.1, 0.15) is 12.4 Å². The van der Waals surface area contributed by atoms with E-state index >= 15 is 0 Å². The summed E-state index contributed by atoms with van der Waals surface area (Å²) < 4.78 is 6.08. The van der Waals surface area contributed by atoms with Crippen molar-refractivity contribution in [1.82, 2.24) is 4.90 Å². The highest BCUT2D eigenvalue weighted by Crippen LogP contribution is 2.29. The Bertz CT molecular complexity index is 992. The lowest BCUT2D eigenvalue weighted by Gasteiger charge is -2.30. The Kier molecular flexibility index (Phi) is 5.16. The van der Waals surface area contributed by atoms with Crippen LogP contribution in [-0.2, 0) is 19.6 Å². The second kappa shape index (κ2) is 7.89. The summed E-state index contributed by atoms with van der Waals surface area (Å²) in [6.45, 7) is 6.03. The van der Waals surface area contributed by atoms with E-state index in [-0.39, 0.29) is 5.91 Å². The van der Waals surface area contributed by atoms with Gasteiger partial charge in [0, 0.05) is 24.2 Å². The number of benzene rings is 3. The molecule has 0 aromatic heterocycles. The summed E-state index contributed by atoms with van der Waals surface area (Å²) in [7, 11) is 0. The fourth-order valence-corrected chi connectivity index (χ4v) is 3.70. The molecule has 4 rings (SSSR count). The Morgan fingerprint density at radius 3 is 2.46 bits per heavy atom. The molecule has 3 aromatic rings. The van der Waals surface area contributed by atoms with Gasteiger partial charge in [-0.3, -0.25) is 4.79 Å². The third-order valence-corrected chi connectivity index (χ3v) is 5.25. The van der Waals surface area contributed by atoms with Gasteiger partial charge in [0.15, 0.2) is 0 Å². The van der Waals surface area contributed by atoms with Crippen molar-refractivity contribution in [2.45, 2.75) is 33.4 Å². The van der Waals surface area contributed by atoms with E-state index in [9.17, 15) is 4.79 Å². The van der Waals surface area contributed by atoms with Gasteiger partial charge < -0.3 is 9.64 Å². The summed E-state index contributed by atoms with van der Waals surface area (Å²) in [5.41, 5.74) is 6.55. The highest BCUT2D eigenvalue weighted by molar-refractivity contribution is 5.97. The van der Waals surface area contributed by atoms with E-state index in [1.54, 1.807) is 0 Å². The van der Waals surface area contributed by atoms with Gasteiger partial charge in [0.2, 0.25) is 0 Å². The molecule has 0 bridgehead atoms. The predicted molar refractivity (Wildman–Crippen MR) is 112 cm³/mol. The number of amides is 1. The van der Waals surface area contributed by atoms with Gasteiger partial charge in [-0.1, -0.05) is 65.7 Å². The van der Waals surface area contributed by atoms with E-state index < -0.39 is 0 Å². The van der Waals surface area contributed by atoms with Gasteiger partial charge in [-0.25, -0.2) is 0 Å². The quantitative estimate of drug-likeness (QED) is 0.626. The molecule has 142 valence electrons. The molecule has 3 heteroatoms. The monoisotopic (exact) mass is 371 g/mol. The molecule has 0 aliphatic carbocycles. The van der Waals surface area contributed by atoms with Crippen LogP contribution in [0.1, 0.15) is 38.2 Å². The van der Waals surface area contributed by atoms with Crippen molar-refractivity contribution in [2.24, 2.45) is 0 Å². The van der Waals surface area contributed by atoms with Crippen LogP contribution in [0.3, 0.4) is 0 Å². The van der Waals surface area contributed by atoms with Crippen LogP contribution in [0.4, 0.5) is 0 Å². The summed E-state index contributed by atoms with van der Waals surface area (Å²) in [5.74, 6) is 0.908. The molecule has 3 nitrogen and oxygen atoms in total. The zero-order valence-electron chi connectivity index (χ0n) is 16.4. The van der Waals surface area contributed by atoms with Gasteiger partial charge in [-0.15, -0.1) is 0 Å². The minimum Gasteiger partial charge on any atom is -0.489 e. The van der Waals surface area contributed by atoms with E-state index in [4.69, 9.17) is 4.74 Å². The maximum Gasteiger partial charge on any atom is 0.254 e. The molecule has 0 saturated heterocycles. The van der Waals surface area contributed by atoms with Crippen LogP contribution < -0.4 is 4.74 Å². The minimum atomic E-state index is 0.0866. The fraction of sp³-hybridized carbons (Fsp3) is 0.240. The van der Waals surface area contributed by atoms with Crippen molar-refractivity contribution in [3.63, 3.8) is 0 Å². The molecule has 0 unspecified atom stereocenters. The van der Waals surface area contributed by atoms with Crippen LogP contribution in [0.25, 0.3) is 0 Å². The summed E-state index contributed by atoms with van der Waals surface area (Å²) >= 11 is 0. The molecule has 0 fully saturated rings. The Balaban J connectivity index is 1.50. The van der Waals surface area contributed by atoms with Gasteiger partial charge >= 0.3 is 0 Å². The van der Waals surface area contributed by atoms with E-state index in [0.717, 1.165) is 28.9 Å². The molecule has 1 aliphatic heterocycles. The first-order chi connectivity index (χ1) is 13.6. The Hall–Kier alpha value is -3.07. The van der Waals surface area contributed by atoms with Crippen LogP contribution >= 0.6 is 0 Å². The van der Waals surface area contributed by atoms with E-state index in [0.29, 0.717) is 19.7 Å². The van der Waals surface area contributed by atoms with Crippen molar-refractivity contribution in [3.05, 3.63) is 100 Å². The normalized spacial score (nSPS) is 13.4. The van der Waals surface area contributed by atoms with Crippen LogP contribution in [0, 0.1) is 13.8 Å². The molecule has 0 radical (unpaired) electrons. The summed E-state index contributed by atoms with van der Waals surface area (Å²) in [6.07, 6.45) is 0.816. The molecule has 0 N–H and O–H groups in total. The Morgan fingerprint density at radius 1 is 0.893 bits per heavy atom. The van der Waals surface area contributed by atoms with E-state index in [1.165, 1.54) is 16.7 Å². The second-order valence-electron chi connectivity index (χ2n) is 7.52. The first-order valence-corrected chi connectivity index (χ1v) is 9.75. The first-order valence-electron chi connectivity index (χ1n) is 9.75. The molecule has 1 aliphatic rings. The van der Waals surface area contributed by atoms with E-state index in [2.05, 4.69) is 56.3 Å². The number of carbonyl (C=O) groups is 1. The molecule has 3 aromatic carbocycles. The lowest BCUT2D eigenvalue weighted by molar-refractivity contribution is 0.0725. The predicted octanol–water partition coefficient (Wildman–Crippen LogP) is 5.08. The number of hydrogen-bond donors (Lipinski definition) is 0. The Morgan fingerprint density at radius 2 is 1.68 bits per heavy atom. The highest BCUT2D eigenvalue weighted by Gasteiger charge is 2.26. The molecule has 0 atom stereocenters. The zero-order chi connectivity index (χ0) is 19.5. The molecule has 1 heterocycles. The van der Waals surface area contributed by atoms with Crippen LogP contribution in [0.15, 0.2) is 66.7 Å². The highest BCUT2D eigenvalue weighted by atomic mass is 16.5. The van der Waals surface area contributed by atoms with Gasteiger partial charge in [-0.2, -0.15) is 0 Å². The maximum absolute atomic E-state index is 13.0. The minimum absolute atomic E-state index is 0.0866. The standard InChI is InChI=1S/C25H25NO2/c1-18-9-11-20(12-10-18)17-28-24-8-4-7-23-22(24)13-14-26(25(23)27)16-21-6-3-5-19(2)15-21/h3-12,15H,13-14,16-17H2,1-2H3. The number of fused-ring (bicyclic) bond motifs is 1. The molecule has 28 heavy (non-hydrogen) atoms. The van der Waals surface area contributed by atoms with Crippen molar-refractivity contribution < 1.29 is 9.53 Å². The third-order valence-electron chi connectivity index (χ3n) is 5.25. The number of carbonyl (C=O) groups excluding carboxylic acids is 1. The Labute approximate surface area is 166 Å². The SMILES string of the molecule is Cc1ccc(COc2cccc3c2CCN(Cc2cccc(C)c2)C3=O)cc1. The largest absolute Gasteiger partial charge is 0.489 e. The number of ether oxygens (including phenoxy) is 1. The molecule has 0 spiro atoms. The van der Waals surface area contributed by atoms with E-state index in [1.807, 2.05) is 29.2 Å². The fourth-order valence-electron chi connectivity index (χ4n) is 3.70. The smallest absolute Gasteiger partial charge is 0.254 e. The molecule has 1 amide bonds. The van der Waals surface area contributed by atoms with Crippen molar-refractivity contribution in [2.75, 3.05) is 6.54 Å². The second-order valence-corrected chi connectivity index (χ2v) is 7.52. The summed E-state index contributed by atoms with van der Waals surface area (Å²) in [6, 6.07) is 22.5. The summed E-state index contributed by atoms with van der Waals surface area (Å²) in [5, 5.41) is 0. The van der Waals surface area contributed by atoms with Crippen LogP contribution in [-0.4, -0.2) is 17.4 Å². The van der Waals surface area contributed by atoms with Crippen molar-refractivity contribution >= 4 is 5.91 Å². The zero-order valence-corrected chi connectivity index (χ0v) is 16.4. The average Bonchev–Trinajstić information content (AvgIpc) is 2.70. The number of nitrogens with zero attached hydrogens (tertiary/aromatic N) is 1. The van der Waals surface area contributed by atoms with Crippen LogP contribution in [0.5, 0.6) is 5.75 Å². The molecular formula is C25H25NO2. The van der Waals surface area contributed by atoms with Crippen molar-refractivity contribution in [1.29, 1.82) is 0 Å². The maximum atomic E-state index is 13.0. The topological polar surface area (TPSA) is 29.5 Å².